The van der Waals surface area contributed by atoms with Crippen molar-refractivity contribution in [2.24, 2.45) is 0 Å². The molecule has 0 aromatic heterocycles. The lowest BCUT2D eigenvalue weighted by atomic mass is 10.1. The smallest absolute Gasteiger partial charge is 0.244 e. The van der Waals surface area contributed by atoms with Crippen molar-refractivity contribution in [2.75, 3.05) is 0 Å². The number of amides is 2. The molecule has 1 fully saturated rings. The molecule has 1 aromatic carbocycles. The summed E-state index contributed by atoms with van der Waals surface area (Å²) in [6.45, 7) is 1.60. The SMILES string of the molecule is Cc1ccc(C#N)cc1S(=O)(=O)NC1CCC(=O)NC1=O. The van der Waals surface area contributed by atoms with Gasteiger partial charge >= 0.3 is 0 Å². The number of imide groups is 1. The van der Waals surface area contributed by atoms with Crippen molar-refractivity contribution in [2.45, 2.75) is 30.7 Å². The highest BCUT2D eigenvalue weighted by Gasteiger charge is 2.31. The second kappa shape index (κ2) is 5.63. The molecule has 0 bridgehead atoms. The van der Waals surface area contributed by atoms with Crippen LogP contribution < -0.4 is 10.0 Å². The van der Waals surface area contributed by atoms with Gasteiger partial charge in [0.2, 0.25) is 21.8 Å². The van der Waals surface area contributed by atoms with E-state index < -0.39 is 27.9 Å². The first-order valence-corrected chi connectivity index (χ1v) is 7.68. The molecule has 1 aromatic rings. The number of hydrogen-bond donors (Lipinski definition) is 2. The molecule has 0 aliphatic carbocycles. The summed E-state index contributed by atoms with van der Waals surface area (Å²) >= 11 is 0. The molecule has 1 heterocycles. The molecule has 1 aliphatic rings. The minimum atomic E-state index is -3.95. The minimum Gasteiger partial charge on any atom is -0.295 e. The Kier molecular flexibility index (Phi) is 4.06. The third kappa shape index (κ3) is 3.26. The standard InChI is InChI=1S/C13H13N3O4S/c1-8-2-3-9(7-14)6-11(8)21(19,20)16-10-4-5-12(17)15-13(10)18/h2-3,6,10,16H,4-5H2,1H3,(H,15,17,18). The zero-order valence-electron chi connectivity index (χ0n) is 11.2. The van der Waals surface area contributed by atoms with E-state index in [0.29, 0.717) is 5.56 Å². The number of nitriles is 1. The van der Waals surface area contributed by atoms with Gasteiger partial charge in [0.1, 0.15) is 6.04 Å². The first kappa shape index (κ1) is 15.2. The molecule has 2 N–H and O–H groups in total. The molecule has 0 saturated carbocycles. The van der Waals surface area contributed by atoms with E-state index in [1.54, 1.807) is 6.92 Å². The Morgan fingerprint density at radius 2 is 2.10 bits per heavy atom. The van der Waals surface area contributed by atoms with Gasteiger partial charge in [-0.05, 0) is 31.0 Å². The largest absolute Gasteiger partial charge is 0.295 e. The molecule has 2 rings (SSSR count). The number of sulfonamides is 1. The number of nitrogens with one attached hydrogen (secondary N) is 2. The summed E-state index contributed by atoms with van der Waals surface area (Å²) in [6, 6.07) is 5.17. The van der Waals surface area contributed by atoms with Gasteiger partial charge in [-0.15, -0.1) is 0 Å². The Bertz CT molecular complexity index is 749. The lowest BCUT2D eigenvalue weighted by molar-refractivity contribution is -0.134. The number of benzene rings is 1. The van der Waals surface area contributed by atoms with E-state index in [9.17, 15) is 18.0 Å². The highest BCUT2D eigenvalue weighted by atomic mass is 32.2. The van der Waals surface area contributed by atoms with Crippen LogP contribution >= 0.6 is 0 Å². The molecule has 7 nitrogen and oxygen atoms in total. The van der Waals surface area contributed by atoms with Crippen LogP contribution in [0.2, 0.25) is 0 Å². The van der Waals surface area contributed by atoms with Gasteiger partial charge in [-0.3, -0.25) is 14.9 Å². The van der Waals surface area contributed by atoms with Crippen molar-refractivity contribution >= 4 is 21.8 Å². The first-order chi connectivity index (χ1) is 9.83. The molecule has 1 atom stereocenters. The van der Waals surface area contributed by atoms with Gasteiger partial charge in [0, 0.05) is 6.42 Å². The van der Waals surface area contributed by atoms with Crippen LogP contribution in [-0.4, -0.2) is 26.3 Å². The maximum Gasteiger partial charge on any atom is 0.244 e. The van der Waals surface area contributed by atoms with Gasteiger partial charge in [-0.1, -0.05) is 6.07 Å². The quantitative estimate of drug-likeness (QED) is 0.759. The monoisotopic (exact) mass is 307 g/mol. The van der Waals surface area contributed by atoms with Gasteiger partial charge in [0.15, 0.2) is 0 Å². The predicted octanol–water partition coefficient (Wildman–Crippen LogP) is -0.0498. The summed E-state index contributed by atoms with van der Waals surface area (Å²) in [6.07, 6.45) is 0.191. The van der Waals surface area contributed by atoms with E-state index in [4.69, 9.17) is 5.26 Å². The molecular weight excluding hydrogens is 294 g/mol. The summed E-state index contributed by atoms with van der Waals surface area (Å²) in [5.41, 5.74) is 0.679. The van der Waals surface area contributed by atoms with Crippen molar-refractivity contribution in [1.82, 2.24) is 10.0 Å². The van der Waals surface area contributed by atoms with Crippen LogP contribution in [0.15, 0.2) is 23.1 Å². The molecule has 0 radical (unpaired) electrons. The number of rotatable bonds is 3. The lowest BCUT2D eigenvalue weighted by Gasteiger charge is -2.22. The molecular formula is C13H13N3O4S. The van der Waals surface area contributed by atoms with Crippen LogP contribution in [0.5, 0.6) is 0 Å². The number of hydrogen-bond acceptors (Lipinski definition) is 5. The third-order valence-corrected chi connectivity index (χ3v) is 4.76. The van der Waals surface area contributed by atoms with E-state index in [0.717, 1.165) is 0 Å². The topological polar surface area (TPSA) is 116 Å². The molecule has 21 heavy (non-hydrogen) atoms. The summed E-state index contributed by atoms with van der Waals surface area (Å²) in [5, 5.41) is 10.9. The Balaban J connectivity index is 2.29. The maximum absolute atomic E-state index is 12.3. The highest BCUT2D eigenvalue weighted by Crippen LogP contribution is 2.18. The average Bonchev–Trinajstić information content (AvgIpc) is 2.42. The van der Waals surface area contributed by atoms with Crippen LogP contribution in [0.3, 0.4) is 0 Å². The van der Waals surface area contributed by atoms with Gasteiger partial charge in [0.05, 0.1) is 16.5 Å². The second-order valence-corrected chi connectivity index (χ2v) is 6.40. The molecule has 2 amide bonds. The van der Waals surface area contributed by atoms with E-state index in [1.165, 1.54) is 18.2 Å². The first-order valence-electron chi connectivity index (χ1n) is 6.20. The highest BCUT2D eigenvalue weighted by molar-refractivity contribution is 7.89. The Morgan fingerprint density at radius 1 is 1.38 bits per heavy atom. The zero-order valence-corrected chi connectivity index (χ0v) is 12.0. The summed E-state index contributed by atoms with van der Waals surface area (Å²) < 4.78 is 26.9. The third-order valence-electron chi connectivity index (χ3n) is 3.14. The van der Waals surface area contributed by atoms with Crippen molar-refractivity contribution in [1.29, 1.82) is 5.26 Å². The molecule has 1 saturated heterocycles. The molecule has 1 aliphatic heterocycles. The number of carbonyl (C=O) groups excluding carboxylic acids is 2. The van der Waals surface area contributed by atoms with Crippen molar-refractivity contribution < 1.29 is 18.0 Å². The van der Waals surface area contributed by atoms with Crippen LogP contribution in [0, 0.1) is 18.3 Å². The maximum atomic E-state index is 12.3. The van der Waals surface area contributed by atoms with Crippen molar-refractivity contribution in [3.05, 3.63) is 29.3 Å². The van der Waals surface area contributed by atoms with E-state index in [-0.39, 0.29) is 23.3 Å². The van der Waals surface area contributed by atoms with E-state index in [2.05, 4.69) is 10.0 Å². The molecule has 0 spiro atoms. The van der Waals surface area contributed by atoms with E-state index >= 15 is 0 Å². The minimum absolute atomic E-state index is 0.0498. The van der Waals surface area contributed by atoms with Crippen LogP contribution in [0.1, 0.15) is 24.0 Å². The average molecular weight is 307 g/mol. The van der Waals surface area contributed by atoms with Gasteiger partial charge < -0.3 is 0 Å². The molecule has 1 unspecified atom stereocenters. The number of piperidine rings is 1. The number of aryl methyl sites for hydroxylation is 1. The number of nitrogens with zero attached hydrogens (tertiary/aromatic N) is 1. The lowest BCUT2D eigenvalue weighted by Crippen LogP contribution is -2.52. The fourth-order valence-electron chi connectivity index (χ4n) is 2.02. The normalized spacial score (nSPS) is 19.0. The van der Waals surface area contributed by atoms with Gasteiger partial charge in [-0.25, -0.2) is 8.42 Å². The van der Waals surface area contributed by atoms with Crippen LogP contribution in [-0.2, 0) is 19.6 Å². The summed E-state index contributed by atoms with van der Waals surface area (Å²) in [4.78, 5) is 22.6. The van der Waals surface area contributed by atoms with Gasteiger partial charge in [0.25, 0.3) is 0 Å². The van der Waals surface area contributed by atoms with Gasteiger partial charge in [-0.2, -0.15) is 9.98 Å². The zero-order chi connectivity index (χ0) is 15.6. The summed E-state index contributed by atoms with van der Waals surface area (Å²) in [7, 11) is -3.95. The predicted molar refractivity (Wildman–Crippen MR) is 72.4 cm³/mol. The molecule has 110 valence electrons. The number of carbonyl (C=O) groups is 2. The summed E-state index contributed by atoms with van der Waals surface area (Å²) in [5.74, 6) is -1.08. The Labute approximate surface area is 122 Å². The Hall–Kier alpha value is -2.24. The van der Waals surface area contributed by atoms with Crippen LogP contribution in [0.4, 0.5) is 0 Å². The Morgan fingerprint density at radius 3 is 2.71 bits per heavy atom. The molecule has 8 heteroatoms. The van der Waals surface area contributed by atoms with E-state index in [1.807, 2.05) is 6.07 Å². The second-order valence-electron chi connectivity index (χ2n) is 4.72. The fourth-order valence-corrected chi connectivity index (χ4v) is 3.52. The van der Waals surface area contributed by atoms with Crippen molar-refractivity contribution in [3.8, 4) is 6.07 Å². The van der Waals surface area contributed by atoms with Crippen LogP contribution in [0.25, 0.3) is 0 Å². The van der Waals surface area contributed by atoms with Crippen molar-refractivity contribution in [3.63, 3.8) is 0 Å². The fraction of sp³-hybridized carbons (Fsp3) is 0.308.